The maximum Gasteiger partial charge on any atom is 0.261 e. The molecule has 3 rings (SSSR count). The SMILES string of the molecule is CCOc1cc(=O)n2c(c1C(=O)Nc1cc(OC)c(OC)c(OC)c1)CCCC2. The Kier molecular flexibility index (Phi) is 6.31. The Bertz CT molecular complexity index is 941. The number of amides is 1. The second kappa shape index (κ2) is 8.89. The quantitative estimate of drug-likeness (QED) is 0.766. The highest BCUT2D eigenvalue weighted by atomic mass is 16.5. The van der Waals surface area contributed by atoms with Crippen LogP contribution in [0.15, 0.2) is 23.0 Å². The molecule has 1 aromatic heterocycles. The molecule has 29 heavy (non-hydrogen) atoms. The smallest absolute Gasteiger partial charge is 0.261 e. The van der Waals surface area contributed by atoms with E-state index in [1.807, 2.05) is 6.92 Å². The molecule has 2 heterocycles. The molecule has 1 amide bonds. The van der Waals surface area contributed by atoms with E-state index in [-0.39, 0.29) is 11.5 Å². The number of nitrogens with zero attached hydrogens (tertiary/aromatic N) is 1. The lowest BCUT2D eigenvalue weighted by atomic mass is 10.0. The second-order valence-corrected chi connectivity index (χ2v) is 6.58. The first-order valence-electron chi connectivity index (χ1n) is 9.54. The number of pyridine rings is 1. The van der Waals surface area contributed by atoms with E-state index in [9.17, 15) is 9.59 Å². The van der Waals surface area contributed by atoms with Gasteiger partial charge in [0.2, 0.25) is 5.75 Å². The van der Waals surface area contributed by atoms with Crippen LogP contribution in [0, 0.1) is 0 Å². The fraction of sp³-hybridized carbons (Fsp3) is 0.429. The molecule has 8 nitrogen and oxygen atoms in total. The van der Waals surface area contributed by atoms with Gasteiger partial charge in [0, 0.05) is 36.1 Å². The van der Waals surface area contributed by atoms with Crippen LogP contribution in [0.3, 0.4) is 0 Å². The van der Waals surface area contributed by atoms with Gasteiger partial charge in [-0.2, -0.15) is 0 Å². The van der Waals surface area contributed by atoms with Crippen molar-refractivity contribution < 1.29 is 23.7 Å². The second-order valence-electron chi connectivity index (χ2n) is 6.58. The number of hydrogen-bond acceptors (Lipinski definition) is 6. The van der Waals surface area contributed by atoms with Gasteiger partial charge in [-0.15, -0.1) is 0 Å². The van der Waals surface area contributed by atoms with Gasteiger partial charge in [-0.05, 0) is 26.2 Å². The van der Waals surface area contributed by atoms with Crippen LogP contribution in [0.5, 0.6) is 23.0 Å². The van der Waals surface area contributed by atoms with Crippen molar-refractivity contribution in [1.82, 2.24) is 4.57 Å². The summed E-state index contributed by atoms with van der Waals surface area (Å²) in [5, 5.41) is 2.88. The van der Waals surface area contributed by atoms with E-state index in [2.05, 4.69) is 5.32 Å². The number of anilines is 1. The van der Waals surface area contributed by atoms with E-state index >= 15 is 0 Å². The Morgan fingerprint density at radius 3 is 2.31 bits per heavy atom. The van der Waals surface area contributed by atoms with Crippen molar-refractivity contribution in [2.24, 2.45) is 0 Å². The van der Waals surface area contributed by atoms with Gasteiger partial charge >= 0.3 is 0 Å². The van der Waals surface area contributed by atoms with Crippen LogP contribution in [0.1, 0.15) is 35.8 Å². The Morgan fingerprint density at radius 2 is 1.72 bits per heavy atom. The zero-order valence-corrected chi connectivity index (χ0v) is 17.2. The van der Waals surface area contributed by atoms with E-state index in [0.717, 1.165) is 12.8 Å². The summed E-state index contributed by atoms with van der Waals surface area (Å²) in [6.45, 7) is 2.77. The lowest BCUT2D eigenvalue weighted by Gasteiger charge is -2.23. The van der Waals surface area contributed by atoms with Gasteiger partial charge in [0.25, 0.3) is 11.5 Å². The monoisotopic (exact) mass is 402 g/mol. The van der Waals surface area contributed by atoms with Crippen LogP contribution in [0.25, 0.3) is 0 Å². The number of carbonyl (C=O) groups excluding carboxylic acids is 1. The van der Waals surface area contributed by atoms with Crippen LogP contribution >= 0.6 is 0 Å². The maximum absolute atomic E-state index is 13.2. The predicted octanol–water partition coefficient (Wildman–Crippen LogP) is 2.86. The highest BCUT2D eigenvalue weighted by Gasteiger charge is 2.25. The van der Waals surface area contributed by atoms with E-state index < -0.39 is 0 Å². The number of benzene rings is 1. The summed E-state index contributed by atoms with van der Waals surface area (Å²) in [5.41, 5.74) is 1.43. The van der Waals surface area contributed by atoms with Gasteiger partial charge < -0.3 is 28.8 Å². The molecule has 8 heteroatoms. The average molecular weight is 402 g/mol. The standard InChI is InChI=1S/C21H26N2O6/c1-5-29-15-12-18(24)23-9-7-6-8-14(23)19(15)21(25)22-13-10-16(26-2)20(28-4)17(11-13)27-3/h10-12H,5-9H2,1-4H3,(H,22,25). The van der Waals surface area contributed by atoms with Gasteiger partial charge in [-0.25, -0.2) is 0 Å². The lowest BCUT2D eigenvalue weighted by Crippen LogP contribution is -2.31. The van der Waals surface area contributed by atoms with Crippen molar-refractivity contribution in [2.75, 3.05) is 33.3 Å². The predicted molar refractivity (Wildman–Crippen MR) is 109 cm³/mol. The first-order chi connectivity index (χ1) is 14.0. The Hall–Kier alpha value is -3.16. The van der Waals surface area contributed by atoms with Crippen LogP contribution in [0.4, 0.5) is 5.69 Å². The van der Waals surface area contributed by atoms with Crippen molar-refractivity contribution >= 4 is 11.6 Å². The van der Waals surface area contributed by atoms with Gasteiger partial charge in [-0.1, -0.05) is 0 Å². The molecule has 156 valence electrons. The summed E-state index contributed by atoms with van der Waals surface area (Å²) in [7, 11) is 4.53. The molecule has 0 aliphatic carbocycles. The molecule has 1 aliphatic rings. The molecule has 0 spiro atoms. The Morgan fingerprint density at radius 1 is 1.03 bits per heavy atom. The normalized spacial score (nSPS) is 12.7. The van der Waals surface area contributed by atoms with Crippen molar-refractivity contribution in [2.45, 2.75) is 32.7 Å². The molecule has 0 radical (unpaired) electrons. The topological polar surface area (TPSA) is 88.0 Å². The van der Waals surface area contributed by atoms with Gasteiger partial charge in [-0.3, -0.25) is 9.59 Å². The van der Waals surface area contributed by atoms with E-state index in [1.165, 1.54) is 27.4 Å². The first-order valence-corrected chi connectivity index (χ1v) is 9.54. The Labute approximate surface area is 169 Å². The Balaban J connectivity index is 2.04. The molecule has 0 unspecified atom stereocenters. The molecule has 0 atom stereocenters. The number of aromatic nitrogens is 1. The van der Waals surface area contributed by atoms with Crippen LogP contribution in [-0.2, 0) is 13.0 Å². The molecular formula is C21H26N2O6. The number of ether oxygens (including phenoxy) is 4. The largest absolute Gasteiger partial charge is 0.493 e. The van der Waals surface area contributed by atoms with Crippen LogP contribution in [-0.4, -0.2) is 38.4 Å². The van der Waals surface area contributed by atoms with Gasteiger partial charge in [0.15, 0.2) is 11.5 Å². The number of hydrogen-bond donors (Lipinski definition) is 1. The minimum Gasteiger partial charge on any atom is -0.493 e. The molecule has 2 aromatic rings. The van der Waals surface area contributed by atoms with Crippen LogP contribution < -0.4 is 29.8 Å². The molecule has 1 aliphatic heterocycles. The van der Waals surface area contributed by atoms with Gasteiger partial charge in [0.1, 0.15) is 11.3 Å². The molecule has 1 N–H and O–H groups in total. The summed E-state index contributed by atoms with van der Waals surface area (Å²) >= 11 is 0. The summed E-state index contributed by atoms with van der Waals surface area (Å²) in [5.74, 6) is 1.24. The molecule has 0 fully saturated rings. The minimum atomic E-state index is -0.353. The summed E-state index contributed by atoms with van der Waals surface area (Å²) in [6, 6.07) is 4.70. The minimum absolute atomic E-state index is 0.146. The van der Waals surface area contributed by atoms with Crippen molar-refractivity contribution in [3.8, 4) is 23.0 Å². The van der Waals surface area contributed by atoms with Crippen molar-refractivity contribution in [1.29, 1.82) is 0 Å². The van der Waals surface area contributed by atoms with E-state index in [1.54, 1.807) is 16.7 Å². The van der Waals surface area contributed by atoms with Gasteiger partial charge in [0.05, 0.1) is 27.9 Å². The molecule has 0 bridgehead atoms. The fourth-order valence-corrected chi connectivity index (χ4v) is 3.60. The van der Waals surface area contributed by atoms with Crippen molar-refractivity contribution in [3.63, 3.8) is 0 Å². The molecular weight excluding hydrogens is 376 g/mol. The lowest BCUT2D eigenvalue weighted by molar-refractivity contribution is 0.102. The summed E-state index contributed by atoms with van der Waals surface area (Å²) < 4.78 is 23.3. The molecule has 0 saturated carbocycles. The number of carbonyl (C=O) groups is 1. The summed E-state index contributed by atoms with van der Waals surface area (Å²) in [6.07, 6.45) is 2.47. The number of rotatable bonds is 7. The average Bonchev–Trinajstić information content (AvgIpc) is 2.73. The number of fused-ring (bicyclic) bond motifs is 1. The van der Waals surface area contributed by atoms with E-state index in [0.29, 0.717) is 59.5 Å². The third kappa shape index (κ3) is 4.01. The zero-order chi connectivity index (χ0) is 21.0. The maximum atomic E-state index is 13.2. The number of methoxy groups -OCH3 is 3. The third-order valence-corrected chi connectivity index (χ3v) is 4.88. The highest BCUT2D eigenvalue weighted by Crippen LogP contribution is 2.40. The third-order valence-electron chi connectivity index (χ3n) is 4.88. The van der Waals surface area contributed by atoms with E-state index in [4.69, 9.17) is 18.9 Å². The zero-order valence-electron chi connectivity index (χ0n) is 17.2. The van der Waals surface area contributed by atoms with Crippen LogP contribution in [0.2, 0.25) is 0 Å². The highest BCUT2D eigenvalue weighted by molar-refractivity contribution is 6.07. The molecule has 0 saturated heterocycles. The summed E-state index contributed by atoms with van der Waals surface area (Å²) in [4.78, 5) is 25.7. The fourth-order valence-electron chi connectivity index (χ4n) is 3.60. The molecule has 1 aromatic carbocycles. The van der Waals surface area contributed by atoms with Crippen molar-refractivity contribution in [3.05, 3.63) is 39.8 Å². The number of nitrogens with one attached hydrogen (secondary N) is 1. The first kappa shape index (κ1) is 20.6.